The molecule has 2 rings (SSSR count). The number of hydrogen-bond donors (Lipinski definition) is 2. The van der Waals surface area contributed by atoms with Crippen LogP contribution in [-0.2, 0) is 4.74 Å². The van der Waals surface area contributed by atoms with Crippen molar-refractivity contribution in [3.8, 4) is 0 Å². The molecule has 1 atom stereocenters. The summed E-state index contributed by atoms with van der Waals surface area (Å²) in [6.07, 6.45) is 2.75. The van der Waals surface area contributed by atoms with Crippen molar-refractivity contribution in [3.05, 3.63) is 23.4 Å². The number of aryl methyl sites for hydroxylation is 1. The normalized spacial score (nSPS) is 19.7. The molecule has 16 heavy (non-hydrogen) atoms. The molecule has 1 aromatic rings. The summed E-state index contributed by atoms with van der Waals surface area (Å²) in [4.78, 5) is 4.67. The smallest absolute Gasteiger partial charge is 0.136 e. The Morgan fingerprint density at radius 1 is 1.69 bits per heavy atom. The lowest BCUT2D eigenvalue weighted by atomic mass is 10.1. The van der Waals surface area contributed by atoms with E-state index >= 15 is 0 Å². The molecular weight excluding hydrogens is 222 g/mol. The fourth-order valence-corrected chi connectivity index (χ4v) is 2.08. The third-order valence-corrected chi connectivity index (χ3v) is 2.88. The highest BCUT2D eigenvalue weighted by atomic mass is 32.1. The van der Waals surface area contributed by atoms with Crippen molar-refractivity contribution in [1.82, 2.24) is 4.98 Å². The van der Waals surface area contributed by atoms with Gasteiger partial charge in [-0.1, -0.05) is 12.2 Å². The summed E-state index contributed by atoms with van der Waals surface area (Å²) in [6.45, 7) is 3.49. The number of thiocarbonyl (C=S) groups is 1. The number of rotatable bonds is 3. The molecule has 5 heteroatoms. The molecule has 1 fully saturated rings. The van der Waals surface area contributed by atoms with Crippen molar-refractivity contribution in [2.75, 3.05) is 18.5 Å². The Balaban J connectivity index is 2.25. The van der Waals surface area contributed by atoms with Gasteiger partial charge < -0.3 is 15.8 Å². The van der Waals surface area contributed by atoms with Crippen LogP contribution in [0.3, 0.4) is 0 Å². The molecule has 0 aromatic carbocycles. The first kappa shape index (κ1) is 11.3. The van der Waals surface area contributed by atoms with Crippen LogP contribution in [0.1, 0.15) is 17.5 Å². The Hall–Kier alpha value is -1.20. The maximum absolute atomic E-state index is 5.71. The van der Waals surface area contributed by atoms with Gasteiger partial charge in [0.2, 0.25) is 0 Å². The molecule has 1 saturated heterocycles. The number of anilines is 1. The molecule has 1 unspecified atom stereocenters. The van der Waals surface area contributed by atoms with Crippen LogP contribution in [0.5, 0.6) is 0 Å². The predicted molar refractivity (Wildman–Crippen MR) is 67.7 cm³/mol. The van der Waals surface area contributed by atoms with E-state index < -0.39 is 0 Å². The van der Waals surface area contributed by atoms with E-state index in [2.05, 4.69) is 10.3 Å². The molecule has 0 spiro atoms. The molecule has 1 aliphatic heterocycles. The van der Waals surface area contributed by atoms with Crippen LogP contribution in [0.25, 0.3) is 0 Å². The molecule has 86 valence electrons. The van der Waals surface area contributed by atoms with Crippen LogP contribution in [0.2, 0.25) is 0 Å². The highest BCUT2D eigenvalue weighted by Gasteiger charge is 2.18. The topological polar surface area (TPSA) is 60.2 Å². The average molecular weight is 237 g/mol. The summed E-state index contributed by atoms with van der Waals surface area (Å²) in [6, 6.07) is 2.22. The van der Waals surface area contributed by atoms with Gasteiger partial charge in [0, 0.05) is 12.8 Å². The minimum absolute atomic E-state index is 0.308. The van der Waals surface area contributed by atoms with Gasteiger partial charge in [-0.2, -0.15) is 0 Å². The zero-order chi connectivity index (χ0) is 11.5. The maximum atomic E-state index is 5.71. The molecule has 0 amide bonds. The number of pyridine rings is 1. The number of nitrogens with one attached hydrogen (secondary N) is 1. The molecule has 1 aliphatic rings. The van der Waals surface area contributed by atoms with E-state index in [1.807, 2.05) is 13.0 Å². The molecule has 2 heterocycles. The molecular formula is C11H15N3OS. The average Bonchev–Trinajstić information content (AvgIpc) is 2.70. The van der Waals surface area contributed by atoms with Gasteiger partial charge in [0.05, 0.1) is 18.2 Å². The quantitative estimate of drug-likeness (QED) is 0.774. The lowest BCUT2D eigenvalue weighted by Gasteiger charge is -2.15. The van der Waals surface area contributed by atoms with E-state index in [0.717, 1.165) is 30.0 Å². The maximum Gasteiger partial charge on any atom is 0.136 e. The van der Waals surface area contributed by atoms with E-state index in [0.29, 0.717) is 17.6 Å². The monoisotopic (exact) mass is 237 g/mol. The Morgan fingerprint density at radius 2 is 2.50 bits per heavy atom. The van der Waals surface area contributed by atoms with Crippen molar-refractivity contribution in [1.29, 1.82) is 0 Å². The van der Waals surface area contributed by atoms with E-state index in [-0.39, 0.29) is 0 Å². The summed E-state index contributed by atoms with van der Waals surface area (Å²) >= 11 is 5.04. The predicted octanol–water partition coefficient (Wildman–Crippen LogP) is 1.23. The summed E-state index contributed by atoms with van der Waals surface area (Å²) in [5.74, 6) is 0.767. The summed E-state index contributed by atoms with van der Waals surface area (Å²) < 4.78 is 5.31. The second-order valence-corrected chi connectivity index (χ2v) is 4.36. The fraction of sp³-hybridized carbons (Fsp3) is 0.455. The highest BCUT2D eigenvalue weighted by Crippen LogP contribution is 2.19. The number of nitrogens with zero attached hydrogens (tertiary/aromatic N) is 1. The van der Waals surface area contributed by atoms with Crippen molar-refractivity contribution < 1.29 is 4.74 Å². The molecule has 0 radical (unpaired) electrons. The van der Waals surface area contributed by atoms with Gasteiger partial charge in [-0.25, -0.2) is 4.98 Å². The fourth-order valence-electron chi connectivity index (χ4n) is 1.82. The standard InChI is InChI=1S/C11H15N3OS/c1-7-2-4-13-11(9(7)10(12)16)14-8-3-5-15-6-8/h2,4,8H,3,5-6H2,1H3,(H2,12,16)(H,13,14). The number of hydrogen-bond acceptors (Lipinski definition) is 4. The number of aromatic nitrogens is 1. The van der Waals surface area contributed by atoms with E-state index in [4.69, 9.17) is 22.7 Å². The van der Waals surface area contributed by atoms with Crippen LogP contribution < -0.4 is 11.1 Å². The SMILES string of the molecule is Cc1ccnc(NC2CCOC2)c1C(N)=S. The van der Waals surface area contributed by atoms with Crippen LogP contribution >= 0.6 is 12.2 Å². The van der Waals surface area contributed by atoms with Crippen LogP contribution in [0.4, 0.5) is 5.82 Å². The number of nitrogens with two attached hydrogens (primary N) is 1. The Kier molecular flexibility index (Phi) is 3.36. The Bertz CT molecular complexity index is 402. The van der Waals surface area contributed by atoms with Crippen LogP contribution in [-0.4, -0.2) is 29.2 Å². The van der Waals surface area contributed by atoms with Gasteiger partial charge in [0.15, 0.2) is 0 Å². The van der Waals surface area contributed by atoms with Gasteiger partial charge in [-0.15, -0.1) is 0 Å². The molecule has 0 aliphatic carbocycles. The van der Waals surface area contributed by atoms with Crippen molar-refractivity contribution in [2.45, 2.75) is 19.4 Å². The lowest BCUT2D eigenvalue weighted by molar-refractivity contribution is 0.195. The zero-order valence-electron chi connectivity index (χ0n) is 9.19. The summed E-state index contributed by atoms with van der Waals surface area (Å²) in [7, 11) is 0. The molecule has 0 bridgehead atoms. The summed E-state index contributed by atoms with van der Waals surface area (Å²) in [5, 5.41) is 3.33. The molecule has 1 aromatic heterocycles. The second-order valence-electron chi connectivity index (χ2n) is 3.92. The Labute approximate surface area is 100 Å². The second kappa shape index (κ2) is 4.76. The Morgan fingerprint density at radius 3 is 3.12 bits per heavy atom. The van der Waals surface area contributed by atoms with Gasteiger partial charge in [0.25, 0.3) is 0 Å². The zero-order valence-corrected chi connectivity index (χ0v) is 10.0. The molecule has 0 saturated carbocycles. The minimum atomic E-state index is 0.308. The van der Waals surface area contributed by atoms with Gasteiger partial charge >= 0.3 is 0 Å². The van der Waals surface area contributed by atoms with Crippen LogP contribution in [0, 0.1) is 6.92 Å². The summed E-state index contributed by atoms with van der Waals surface area (Å²) in [5.41, 5.74) is 7.59. The minimum Gasteiger partial charge on any atom is -0.389 e. The van der Waals surface area contributed by atoms with Crippen LogP contribution in [0.15, 0.2) is 12.3 Å². The lowest BCUT2D eigenvalue weighted by Crippen LogP contribution is -2.23. The highest BCUT2D eigenvalue weighted by molar-refractivity contribution is 7.80. The number of ether oxygens (including phenoxy) is 1. The van der Waals surface area contributed by atoms with E-state index in [9.17, 15) is 0 Å². The van der Waals surface area contributed by atoms with Crippen molar-refractivity contribution in [2.24, 2.45) is 5.73 Å². The van der Waals surface area contributed by atoms with Gasteiger partial charge in [-0.05, 0) is 25.0 Å². The first-order valence-electron chi connectivity index (χ1n) is 5.28. The third kappa shape index (κ3) is 2.31. The van der Waals surface area contributed by atoms with E-state index in [1.165, 1.54) is 0 Å². The van der Waals surface area contributed by atoms with Gasteiger partial charge in [0.1, 0.15) is 10.8 Å². The first-order valence-corrected chi connectivity index (χ1v) is 5.69. The molecule has 3 N–H and O–H groups in total. The molecule has 4 nitrogen and oxygen atoms in total. The largest absolute Gasteiger partial charge is 0.389 e. The third-order valence-electron chi connectivity index (χ3n) is 2.68. The van der Waals surface area contributed by atoms with E-state index in [1.54, 1.807) is 6.20 Å². The van der Waals surface area contributed by atoms with Crippen molar-refractivity contribution >= 4 is 23.0 Å². The first-order chi connectivity index (χ1) is 7.68. The van der Waals surface area contributed by atoms with Crippen molar-refractivity contribution in [3.63, 3.8) is 0 Å². The van der Waals surface area contributed by atoms with Gasteiger partial charge in [-0.3, -0.25) is 0 Å².